The standard InChI is InChI=1S/C12H17O2.BrH.Zn/c1-10(2)8-14-9-11-4-6-12(13-3)7-5-11;;/h4-7,10H,1,8-9H2,2-3H3;1H;/q-1;;+2/p-1/t10-;;/m0../s1. The molecule has 86 valence electrons. The fourth-order valence-electron chi connectivity index (χ4n) is 1.10. The summed E-state index contributed by atoms with van der Waals surface area (Å²) in [6.45, 7) is 7.23. The van der Waals surface area contributed by atoms with Crippen molar-refractivity contribution in [3.05, 3.63) is 36.8 Å². The van der Waals surface area contributed by atoms with Gasteiger partial charge in [-0.3, -0.25) is 0 Å². The van der Waals surface area contributed by atoms with Crippen LogP contribution in [0.25, 0.3) is 0 Å². The molecule has 0 bridgehead atoms. The number of methoxy groups -OCH3 is 1. The Kier molecular flexibility index (Phi) is 10.3. The second-order valence-electron chi connectivity index (χ2n) is 3.47. The average Bonchev–Trinajstić information content (AvgIpc) is 2.32. The van der Waals surface area contributed by atoms with Crippen molar-refractivity contribution in [2.45, 2.75) is 13.5 Å². The molecule has 0 spiro atoms. The summed E-state index contributed by atoms with van der Waals surface area (Å²) in [6, 6.07) is 7.89. The van der Waals surface area contributed by atoms with Crippen LogP contribution in [0, 0.1) is 12.8 Å². The first-order valence-corrected chi connectivity index (χ1v) is 12.0. The van der Waals surface area contributed by atoms with Gasteiger partial charge in [0.05, 0.1) is 13.7 Å². The third kappa shape index (κ3) is 7.37. The minimum atomic E-state index is 0.341. The molecule has 0 unspecified atom stereocenters. The molecule has 0 aliphatic rings. The van der Waals surface area contributed by atoms with E-state index in [1.807, 2.05) is 31.2 Å². The van der Waals surface area contributed by atoms with Crippen molar-refractivity contribution in [1.82, 2.24) is 0 Å². The van der Waals surface area contributed by atoms with Crippen LogP contribution >= 0.6 is 13.6 Å². The monoisotopic (exact) mass is 336 g/mol. The molecular weight excluding hydrogens is 321 g/mol. The van der Waals surface area contributed by atoms with Gasteiger partial charge < -0.3 is 16.4 Å². The molecule has 0 aliphatic carbocycles. The number of benzene rings is 1. The molecule has 1 atom stereocenters. The van der Waals surface area contributed by atoms with E-state index in [9.17, 15) is 0 Å². The summed E-state index contributed by atoms with van der Waals surface area (Å²) in [5, 5.41) is 0. The van der Waals surface area contributed by atoms with Crippen molar-refractivity contribution < 1.29 is 25.8 Å². The van der Waals surface area contributed by atoms with Crippen molar-refractivity contribution in [3.8, 4) is 5.75 Å². The Balaban J connectivity index is 0.00000106. The molecule has 0 fully saturated rings. The van der Waals surface area contributed by atoms with Gasteiger partial charge >= 0.3 is 30.0 Å². The molecule has 1 aromatic rings. The number of hydrogen-bond donors (Lipinski definition) is 0. The molecule has 16 heavy (non-hydrogen) atoms. The van der Waals surface area contributed by atoms with Gasteiger partial charge in [0, 0.05) is 6.61 Å². The van der Waals surface area contributed by atoms with Gasteiger partial charge in [0.15, 0.2) is 0 Å². The van der Waals surface area contributed by atoms with Gasteiger partial charge in [0.1, 0.15) is 5.75 Å². The maximum atomic E-state index is 5.45. The quantitative estimate of drug-likeness (QED) is 0.604. The van der Waals surface area contributed by atoms with E-state index in [2.05, 4.69) is 20.5 Å². The average molecular weight is 339 g/mol. The van der Waals surface area contributed by atoms with E-state index < -0.39 is 0 Å². The van der Waals surface area contributed by atoms with Crippen LogP contribution in [0.1, 0.15) is 12.5 Å². The molecular formula is C12H17BrO2Zn. The first-order valence-electron chi connectivity index (χ1n) is 5.03. The van der Waals surface area contributed by atoms with E-state index in [0.29, 0.717) is 19.1 Å². The number of halogens is 1. The van der Waals surface area contributed by atoms with Crippen LogP contribution in [-0.2, 0) is 27.7 Å². The maximum absolute atomic E-state index is 5.45. The first kappa shape index (κ1) is 16.1. The van der Waals surface area contributed by atoms with E-state index in [-0.39, 0.29) is 0 Å². The summed E-state index contributed by atoms with van der Waals surface area (Å²) in [4.78, 5) is 0. The minimum absolute atomic E-state index is 0.341. The van der Waals surface area contributed by atoms with Crippen molar-refractivity contribution >= 4 is 13.6 Å². The van der Waals surface area contributed by atoms with Crippen LogP contribution in [-0.4, -0.2) is 13.7 Å². The Bertz CT molecular complexity index is 262. The van der Waals surface area contributed by atoms with E-state index in [0.717, 1.165) is 11.3 Å². The fourth-order valence-corrected chi connectivity index (χ4v) is 1.10. The molecule has 0 radical (unpaired) electrons. The summed E-state index contributed by atoms with van der Waals surface area (Å²) >= 11 is 4.25. The van der Waals surface area contributed by atoms with Crippen LogP contribution in [0.3, 0.4) is 0 Å². The van der Waals surface area contributed by atoms with Gasteiger partial charge in [-0.2, -0.15) is 0 Å². The number of ether oxygens (including phenoxy) is 2. The van der Waals surface area contributed by atoms with Gasteiger partial charge in [-0.05, 0) is 17.7 Å². The summed E-state index contributed by atoms with van der Waals surface area (Å²) in [5.41, 5.74) is 1.16. The van der Waals surface area contributed by atoms with Crippen molar-refractivity contribution in [2.24, 2.45) is 5.92 Å². The SMILES string of the molecule is [CH2-][C@@H](C)COCc1ccc(OC)cc1.[Zn+][Br]. The van der Waals surface area contributed by atoms with E-state index in [4.69, 9.17) is 9.47 Å². The second-order valence-corrected chi connectivity index (χ2v) is 3.47. The molecule has 4 heteroatoms. The molecule has 0 saturated carbocycles. The van der Waals surface area contributed by atoms with E-state index in [1.165, 1.54) is 16.3 Å². The summed E-state index contributed by atoms with van der Waals surface area (Å²) in [5.74, 6) is 1.22. The number of rotatable bonds is 5. The zero-order valence-electron chi connectivity index (χ0n) is 9.91. The Labute approximate surface area is 115 Å². The van der Waals surface area contributed by atoms with E-state index in [1.54, 1.807) is 7.11 Å². The van der Waals surface area contributed by atoms with Crippen LogP contribution in [0.5, 0.6) is 5.75 Å². The third-order valence-electron chi connectivity index (χ3n) is 1.83. The topological polar surface area (TPSA) is 18.5 Å². The molecule has 2 nitrogen and oxygen atoms in total. The zero-order chi connectivity index (χ0) is 12.4. The van der Waals surface area contributed by atoms with Crippen molar-refractivity contribution in [1.29, 1.82) is 0 Å². The van der Waals surface area contributed by atoms with Crippen LogP contribution in [0.4, 0.5) is 0 Å². The summed E-state index contributed by atoms with van der Waals surface area (Å²) in [6.07, 6.45) is 0. The Hall–Kier alpha value is 0.0834. The first-order chi connectivity index (χ1) is 7.72. The second kappa shape index (κ2) is 10.3. The molecule has 0 aliphatic heterocycles. The Morgan fingerprint density at radius 3 is 2.31 bits per heavy atom. The zero-order valence-corrected chi connectivity index (χ0v) is 14.5. The van der Waals surface area contributed by atoms with Gasteiger partial charge in [-0.25, -0.2) is 0 Å². The van der Waals surface area contributed by atoms with Crippen LogP contribution in [0.15, 0.2) is 24.3 Å². The predicted molar refractivity (Wildman–Crippen MR) is 66.1 cm³/mol. The summed E-state index contributed by atoms with van der Waals surface area (Å²) in [7, 11) is 1.66. The van der Waals surface area contributed by atoms with Gasteiger partial charge in [-0.1, -0.05) is 19.1 Å². The normalized spacial score (nSPS) is 11.4. The molecule has 0 saturated heterocycles. The molecule has 1 rings (SSSR count). The van der Waals surface area contributed by atoms with Gasteiger partial charge in [0.25, 0.3) is 0 Å². The summed E-state index contributed by atoms with van der Waals surface area (Å²) < 4.78 is 10.5. The van der Waals surface area contributed by atoms with E-state index >= 15 is 0 Å². The molecule has 0 aromatic heterocycles. The molecule has 0 heterocycles. The van der Waals surface area contributed by atoms with Gasteiger partial charge in [0.2, 0.25) is 0 Å². The third-order valence-corrected chi connectivity index (χ3v) is 1.83. The van der Waals surface area contributed by atoms with Crippen LogP contribution < -0.4 is 4.74 Å². The van der Waals surface area contributed by atoms with Crippen LogP contribution in [0.2, 0.25) is 0 Å². The van der Waals surface area contributed by atoms with Gasteiger partial charge in [-0.15, -0.1) is 5.92 Å². The molecule has 0 N–H and O–H groups in total. The van der Waals surface area contributed by atoms with Crippen molar-refractivity contribution in [3.63, 3.8) is 0 Å². The molecule has 0 amide bonds. The number of hydrogen-bond acceptors (Lipinski definition) is 2. The van der Waals surface area contributed by atoms with Crippen molar-refractivity contribution in [2.75, 3.05) is 13.7 Å². The Morgan fingerprint density at radius 2 is 1.88 bits per heavy atom. The Morgan fingerprint density at radius 1 is 1.31 bits per heavy atom. The fraction of sp³-hybridized carbons (Fsp3) is 0.417. The predicted octanol–water partition coefficient (Wildman–Crippen LogP) is 3.53. The molecule has 1 aromatic carbocycles.